The van der Waals surface area contributed by atoms with E-state index in [2.05, 4.69) is 20.7 Å². The number of hydrogen-bond donors (Lipinski definition) is 1. The fourth-order valence-corrected chi connectivity index (χ4v) is 4.28. The topological polar surface area (TPSA) is 46.2 Å². The van der Waals surface area contributed by atoms with Crippen LogP contribution in [0.25, 0.3) is 0 Å². The number of benzene rings is 2. The molecule has 21 heavy (non-hydrogen) atoms. The van der Waals surface area contributed by atoms with Crippen LogP contribution in [0.15, 0.2) is 51.8 Å². The van der Waals surface area contributed by atoms with Crippen LogP contribution in [-0.2, 0) is 16.4 Å². The van der Waals surface area contributed by atoms with Gasteiger partial charge in [0.1, 0.15) is 0 Å². The van der Waals surface area contributed by atoms with Gasteiger partial charge in [-0.25, -0.2) is 13.1 Å². The summed E-state index contributed by atoms with van der Waals surface area (Å²) in [6.07, 6.45) is 0.669. The van der Waals surface area contributed by atoms with Gasteiger partial charge in [-0.15, -0.1) is 0 Å². The quantitative estimate of drug-likeness (QED) is 0.877. The number of rotatable bonds is 5. The molecule has 0 amide bonds. The Labute approximate surface area is 134 Å². The molecule has 0 aliphatic heterocycles. The molecule has 2 rings (SSSR count). The second kappa shape index (κ2) is 6.73. The molecule has 0 saturated heterocycles. The summed E-state index contributed by atoms with van der Waals surface area (Å²) in [5.41, 5.74) is 3.13. The molecule has 0 aliphatic rings. The molecule has 0 aliphatic carbocycles. The normalized spacial score (nSPS) is 11.6. The fourth-order valence-electron chi connectivity index (χ4n) is 2.01. The van der Waals surface area contributed by atoms with E-state index in [1.807, 2.05) is 50.2 Å². The van der Waals surface area contributed by atoms with E-state index in [0.717, 1.165) is 16.7 Å². The molecule has 0 unspecified atom stereocenters. The van der Waals surface area contributed by atoms with Gasteiger partial charge in [0, 0.05) is 11.0 Å². The van der Waals surface area contributed by atoms with Crippen LogP contribution in [0.5, 0.6) is 0 Å². The Bertz CT molecular complexity index is 727. The maximum absolute atomic E-state index is 12.4. The van der Waals surface area contributed by atoms with Gasteiger partial charge in [0.2, 0.25) is 10.0 Å². The first-order chi connectivity index (χ1) is 9.90. The third-order valence-corrected chi connectivity index (χ3v) is 5.81. The Morgan fingerprint density at radius 3 is 2.33 bits per heavy atom. The maximum Gasteiger partial charge on any atom is 0.241 e. The number of halogens is 1. The third-order valence-electron chi connectivity index (χ3n) is 3.39. The van der Waals surface area contributed by atoms with Crippen LogP contribution in [0.3, 0.4) is 0 Å². The minimum Gasteiger partial charge on any atom is -0.211 e. The van der Waals surface area contributed by atoms with E-state index in [1.54, 1.807) is 6.07 Å². The van der Waals surface area contributed by atoms with Crippen LogP contribution in [0.4, 0.5) is 0 Å². The monoisotopic (exact) mass is 367 g/mol. The first-order valence-electron chi connectivity index (χ1n) is 6.70. The zero-order valence-corrected chi connectivity index (χ0v) is 14.5. The molecule has 0 fully saturated rings. The average molecular weight is 368 g/mol. The maximum atomic E-state index is 12.4. The molecule has 2 aromatic rings. The molecule has 0 aromatic heterocycles. The summed E-state index contributed by atoms with van der Waals surface area (Å²) in [6.45, 7) is 4.25. The van der Waals surface area contributed by atoms with Gasteiger partial charge < -0.3 is 0 Å². The highest BCUT2D eigenvalue weighted by Gasteiger charge is 2.18. The van der Waals surface area contributed by atoms with Gasteiger partial charge in [-0.05, 0) is 65.0 Å². The van der Waals surface area contributed by atoms with Crippen LogP contribution < -0.4 is 4.72 Å². The van der Waals surface area contributed by atoms with Gasteiger partial charge in [0.05, 0.1) is 4.90 Å². The Morgan fingerprint density at radius 2 is 1.67 bits per heavy atom. The van der Waals surface area contributed by atoms with E-state index in [4.69, 9.17) is 0 Å². The van der Waals surface area contributed by atoms with Gasteiger partial charge in [-0.3, -0.25) is 0 Å². The molecular weight excluding hydrogens is 350 g/mol. The summed E-state index contributed by atoms with van der Waals surface area (Å²) in [6, 6.07) is 13.3. The van der Waals surface area contributed by atoms with E-state index < -0.39 is 10.0 Å². The highest BCUT2D eigenvalue weighted by Crippen LogP contribution is 2.25. The summed E-state index contributed by atoms with van der Waals surface area (Å²) in [5.74, 6) is 0. The number of nitrogens with one attached hydrogen (secondary N) is 1. The van der Waals surface area contributed by atoms with Crippen molar-refractivity contribution >= 4 is 26.0 Å². The van der Waals surface area contributed by atoms with Crippen molar-refractivity contribution in [1.82, 2.24) is 4.72 Å². The lowest BCUT2D eigenvalue weighted by atomic mass is 10.1. The van der Waals surface area contributed by atoms with Gasteiger partial charge in [0.15, 0.2) is 0 Å². The molecule has 0 radical (unpaired) electrons. The van der Waals surface area contributed by atoms with E-state index in [9.17, 15) is 8.42 Å². The third kappa shape index (κ3) is 4.15. The summed E-state index contributed by atoms with van der Waals surface area (Å²) in [4.78, 5) is 0.290. The van der Waals surface area contributed by atoms with Crippen molar-refractivity contribution in [3.05, 3.63) is 63.6 Å². The largest absolute Gasteiger partial charge is 0.241 e. The summed E-state index contributed by atoms with van der Waals surface area (Å²) in [7, 11) is -3.50. The second-order valence-corrected chi connectivity index (χ2v) is 7.59. The smallest absolute Gasteiger partial charge is 0.211 e. The molecule has 0 spiro atoms. The lowest BCUT2D eigenvalue weighted by Gasteiger charge is -2.11. The van der Waals surface area contributed by atoms with E-state index in [0.29, 0.717) is 22.3 Å². The second-order valence-electron chi connectivity index (χ2n) is 5.00. The summed E-state index contributed by atoms with van der Waals surface area (Å²) in [5, 5.41) is 0. The fraction of sp³-hybridized carbons (Fsp3) is 0.250. The lowest BCUT2D eigenvalue weighted by molar-refractivity contribution is 0.581. The van der Waals surface area contributed by atoms with Gasteiger partial charge in [0.25, 0.3) is 0 Å². The molecule has 2 aromatic carbocycles. The SMILES string of the molecule is Cc1cc(Br)c(S(=O)(=O)NCCc2ccccc2)cc1C. The van der Waals surface area contributed by atoms with E-state index in [1.165, 1.54) is 0 Å². The van der Waals surface area contributed by atoms with Crippen LogP contribution in [-0.4, -0.2) is 15.0 Å². The number of hydrogen-bond acceptors (Lipinski definition) is 2. The predicted octanol–water partition coefficient (Wildman–Crippen LogP) is 3.59. The molecule has 1 N–H and O–H groups in total. The minimum atomic E-state index is -3.50. The Morgan fingerprint density at radius 1 is 1.05 bits per heavy atom. The standard InChI is InChI=1S/C16H18BrNO2S/c1-12-10-15(17)16(11-13(12)2)21(19,20)18-9-8-14-6-4-3-5-7-14/h3-7,10-11,18H,8-9H2,1-2H3. The van der Waals surface area contributed by atoms with E-state index >= 15 is 0 Å². The molecule has 0 bridgehead atoms. The minimum absolute atomic E-state index is 0.290. The molecule has 0 atom stereocenters. The van der Waals surface area contributed by atoms with Crippen LogP contribution in [0.1, 0.15) is 16.7 Å². The highest BCUT2D eigenvalue weighted by atomic mass is 79.9. The van der Waals surface area contributed by atoms with Crippen molar-refractivity contribution in [3.63, 3.8) is 0 Å². The zero-order valence-electron chi connectivity index (χ0n) is 12.1. The van der Waals surface area contributed by atoms with Crippen molar-refractivity contribution in [2.45, 2.75) is 25.2 Å². The van der Waals surface area contributed by atoms with Gasteiger partial charge in [-0.1, -0.05) is 30.3 Å². The number of aryl methyl sites for hydroxylation is 2. The molecule has 5 heteroatoms. The Balaban J connectivity index is 2.10. The van der Waals surface area contributed by atoms with Crippen molar-refractivity contribution in [1.29, 1.82) is 0 Å². The first kappa shape index (κ1) is 16.2. The van der Waals surface area contributed by atoms with Crippen LogP contribution in [0, 0.1) is 13.8 Å². The molecule has 3 nitrogen and oxygen atoms in total. The average Bonchev–Trinajstić information content (AvgIpc) is 2.43. The van der Waals surface area contributed by atoms with Crippen molar-refractivity contribution in [3.8, 4) is 0 Å². The van der Waals surface area contributed by atoms with Crippen LogP contribution in [0.2, 0.25) is 0 Å². The highest BCUT2D eigenvalue weighted by molar-refractivity contribution is 9.10. The van der Waals surface area contributed by atoms with Gasteiger partial charge in [-0.2, -0.15) is 0 Å². The lowest BCUT2D eigenvalue weighted by Crippen LogP contribution is -2.26. The van der Waals surface area contributed by atoms with Crippen LogP contribution >= 0.6 is 15.9 Å². The molecule has 0 heterocycles. The van der Waals surface area contributed by atoms with Crippen molar-refractivity contribution < 1.29 is 8.42 Å². The number of sulfonamides is 1. The predicted molar refractivity (Wildman–Crippen MR) is 89.0 cm³/mol. The van der Waals surface area contributed by atoms with E-state index in [-0.39, 0.29) is 0 Å². The summed E-state index contributed by atoms with van der Waals surface area (Å²) >= 11 is 3.33. The summed E-state index contributed by atoms with van der Waals surface area (Å²) < 4.78 is 28.0. The van der Waals surface area contributed by atoms with Crippen molar-refractivity contribution in [2.75, 3.05) is 6.54 Å². The molecular formula is C16H18BrNO2S. The first-order valence-corrected chi connectivity index (χ1v) is 8.98. The zero-order chi connectivity index (χ0) is 15.5. The van der Waals surface area contributed by atoms with Gasteiger partial charge >= 0.3 is 0 Å². The Hall–Kier alpha value is -1.17. The van der Waals surface area contributed by atoms with Crippen molar-refractivity contribution in [2.24, 2.45) is 0 Å². The molecule has 0 saturated carbocycles. The molecule has 112 valence electrons. The Kier molecular flexibility index (Phi) is 5.19.